The molecule has 1 aliphatic rings. The first-order valence-electron chi connectivity index (χ1n) is 8.16. The maximum absolute atomic E-state index is 11.9. The van der Waals surface area contributed by atoms with Crippen LogP contribution in [0.25, 0.3) is 0 Å². The molecule has 2 heterocycles. The quantitative estimate of drug-likeness (QED) is 0.798. The van der Waals surface area contributed by atoms with Gasteiger partial charge in [0.05, 0.1) is 13.1 Å². The molecule has 124 valence electrons. The summed E-state index contributed by atoms with van der Waals surface area (Å²) in [5.41, 5.74) is 0. The van der Waals surface area contributed by atoms with Crippen LogP contribution in [-0.2, 0) is 17.8 Å². The molecule has 0 spiro atoms. The van der Waals surface area contributed by atoms with E-state index in [2.05, 4.69) is 32.2 Å². The van der Waals surface area contributed by atoms with Crippen LogP contribution in [0.3, 0.4) is 0 Å². The fourth-order valence-corrected chi connectivity index (χ4v) is 2.42. The average molecular weight is 309 g/mol. The number of hydrogen-bond acceptors (Lipinski definition) is 6. The third kappa shape index (κ3) is 5.06. The van der Waals surface area contributed by atoms with Gasteiger partial charge in [-0.25, -0.2) is 0 Å². The second kappa shape index (κ2) is 8.24. The number of nitrogens with one attached hydrogen (secondary N) is 1. The summed E-state index contributed by atoms with van der Waals surface area (Å²) in [6.45, 7) is 10.9. The largest absolute Gasteiger partial charge is 0.424 e. The molecular formula is C15H27N5O2. The molecule has 2 rings (SSSR count). The molecule has 0 aromatic carbocycles. The fourth-order valence-electron chi connectivity index (χ4n) is 2.42. The van der Waals surface area contributed by atoms with Crippen LogP contribution >= 0.6 is 0 Å². The Bertz CT molecular complexity index is 468. The predicted octanol–water partition coefficient (Wildman–Crippen LogP) is 0.664. The van der Waals surface area contributed by atoms with Gasteiger partial charge in [-0.05, 0) is 13.3 Å². The van der Waals surface area contributed by atoms with Crippen LogP contribution in [-0.4, -0.2) is 64.7 Å². The van der Waals surface area contributed by atoms with Gasteiger partial charge in [-0.15, -0.1) is 10.2 Å². The van der Waals surface area contributed by atoms with Gasteiger partial charge in [0.2, 0.25) is 17.7 Å². The molecule has 7 nitrogen and oxygen atoms in total. The Morgan fingerprint density at radius 1 is 1.18 bits per heavy atom. The Morgan fingerprint density at radius 2 is 1.82 bits per heavy atom. The summed E-state index contributed by atoms with van der Waals surface area (Å²) < 4.78 is 5.54. The number of aryl methyl sites for hydroxylation is 1. The molecule has 0 saturated carbocycles. The van der Waals surface area contributed by atoms with Crippen LogP contribution in [0.4, 0.5) is 0 Å². The van der Waals surface area contributed by atoms with Crippen molar-refractivity contribution in [2.24, 2.45) is 0 Å². The van der Waals surface area contributed by atoms with E-state index in [-0.39, 0.29) is 11.9 Å². The van der Waals surface area contributed by atoms with E-state index in [1.54, 1.807) is 0 Å². The lowest BCUT2D eigenvalue weighted by Crippen LogP contribution is -2.49. The van der Waals surface area contributed by atoms with Crippen molar-refractivity contribution in [1.82, 2.24) is 25.3 Å². The molecule has 1 N–H and O–H groups in total. The molecule has 1 fully saturated rings. The van der Waals surface area contributed by atoms with Crippen LogP contribution in [0.15, 0.2) is 4.42 Å². The van der Waals surface area contributed by atoms with Crippen molar-refractivity contribution in [2.75, 3.05) is 32.7 Å². The van der Waals surface area contributed by atoms with Crippen molar-refractivity contribution >= 4 is 5.91 Å². The van der Waals surface area contributed by atoms with Gasteiger partial charge in [-0.2, -0.15) is 0 Å². The predicted molar refractivity (Wildman–Crippen MR) is 83.3 cm³/mol. The summed E-state index contributed by atoms with van der Waals surface area (Å²) >= 11 is 0. The normalized spacial score (nSPS) is 18.3. The van der Waals surface area contributed by atoms with Gasteiger partial charge in [0.1, 0.15) is 0 Å². The zero-order valence-electron chi connectivity index (χ0n) is 13.8. The first-order valence-corrected chi connectivity index (χ1v) is 8.16. The van der Waals surface area contributed by atoms with Crippen LogP contribution < -0.4 is 5.32 Å². The van der Waals surface area contributed by atoms with Crippen LogP contribution in [0.5, 0.6) is 0 Å². The second-order valence-electron chi connectivity index (χ2n) is 5.87. The van der Waals surface area contributed by atoms with Crippen LogP contribution in [0.1, 0.15) is 39.0 Å². The maximum atomic E-state index is 11.9. The number of aromatic nitrogens is 2. The SMILES string of the molecule is CCc1nnc(CN2CCN(CC(=O)N[C@H](C)CC)CC2)o1. The fraction of sp³-hybridized carbons (Fsp3) is 0.800. The molecule has 22 heavy (non-hydrogen) atoms. The van der Waals surface area contributed by atoms with Gasteiger partial charge in [0.25, 0.3) is 0 Å². The Labute approximate surface area is 132 Å². The van der Waals surface area contributed by atoms with Crippen molar-refractivity contribution in [3.63, 3.8) is 0 Å². The Kier molecular flexibility index (Phi) is 6.33. The van der Waals surface area contributed by atoms with Crippen molar-refractivity contribution in [2.45, 2.75) is 46.2 Å². The van der Waals surface area contributed by atoms with Crippen LogP contribution in [0, 0.1) is 0 Å². The van der Waals surface area contributed by atoms with E-state index in [1.807, 2.05) is 13.8 Å². The molecule has 0 aliphatic carbocycles. The van der Waals surface area contributed by atoms with Crippen molar-refractivity contribution < 1.29 is 9.21 Å². The molecule has 1 atom stereocenters. The molecule has 1 aromatic rings. The van der Waals surface area contributed by atoms with E-state index >= 15 is 0 Å². The minimum atomic E-state index is 0.118. The summed E-state index contributed by atoms with van der Waals surface area (Å²) in [7, 11) is 0. The number of carbonyl (C=O) groups is 1. The van der Waals surface area contributed by atoms with Crippen LogP contribution in [0.2, 0.25) is 0 Å². The van der Waals surface area contributed by atoms with Crippen molar-refractivity contribution in [3.8, 4) is 0 Å². The molecular weight excluding hydrogens is 282 g/mol. The number of piperazine rings is 1. The van der Waals surface area contributed by atoms with Crippen molar-refractivity contribution in [1.29, 1.82) is 0 Å². The first kappa shape index (κ1) is 16.9. The highest BCUT2D eigenvalue weighted by Gasteiger charge is 2.20. The van der Waals surface area contributed by atoms with Gasteiger partial charge in [-0.3, -0.25) is 14.6 Å². The van der Waals surface area contributed by atoms with E-state index in [9.17, 15) is 4.79 Å². The Balaban J connectivity index is 1.70. The molecule has 0 radical (unpaired) electrons. The smallest absolute Gasteiger partial charge is 0.234 e. The molecule has 1 saturated heterocycles. The highest BCUT2D eigenvalue weighted by atomic mass is 16.4. The Hall–Kier alpha value is -1.47. The monoisotopic (exact) mass is 309 g/mol. The lowest BCUT2D eigenvalue weighted by molar-refractivity contribution is -0.123. The van der Waals surface area contributed by atoms with Gasteiger partial charge in [0, 0.05) is 38.6 Å². The number of amides is 1. The van der Waals surface area contributed by atoms with Gasteiger partial charge in [-0.1, -0.05) is 13.8 Å². The number of hydrogen-bond donors (Lipinski definition) is 1. The zero-order chi connectivity index (χ0) is 15.9. The average Bonchev–Trinajstić information content (AvgIpc) is 2.96. The minimum absolute atomic E-state index is 0.118. The first-order chi connectivity index (χ1) is 10.6. The number of nitrogens with zero attached hydrogens (tertiary/aromatic N) is 4. The third-order valence-corrected chi connectivity index (χ3v) is 4.02. The van der Waals surface area contributed by atoms with E-state index in [4.69, 9.17) is 4.42 Å². The molecule has 7 heteroatoms. The molecule has 1 amide bonds. The molecule has 0 bridgehead atoms. The topological polar surface area (TPSA) is 74.5 Å². The molecule has 1 aromatic heterocycles. The Morgan fingerprint density at radius 3 is 2.41 bits per heavy atom. The summed E-state index contributed by atoms with van der Waals surface area (Å²) in [6.07, 6.45) is 1.73. The maximum Gasteiger partial charge on any atom is 0.234 e. The lowest BCUT2D eigenvalue weighted by atomic mass is 10.2. The zero-order valence-corrected chi connectivity index (χ0v) is 13.8. The summed E-state index contributed by atoms with van der Waals surface area (Å²) in [5, 5.41) is 11.0. The highest BCUT2D eigenvalue weighted by molar-refractivity contribution is 5.78. The van der Waals surface area contributed by atoms with E-state index < -0.39 is 0 Å². The second-order valence-corrected chi connectivity index (χ2v) is 5.87. The van der Waals surface area contributed by atoms with Gasteiger partial charge in [0.15, 0.2) is 0 Å². The lowest BCUT2D eigenvalue weighted by Gasteiger charge is -2.33. The van der Waals surface area contributed by atoms with E-state index in [0.29, 0.717) is 24.9 Å². The molecule has 1 aliphatic heterocycles. The summed E-state index contributed by atoms with van der Waals surface area (Å²) in [6, 6.07) is 0.249. The van der Waals surface area contributed by atoms with Crippen molar-refractivity contribution in [3.05, 3.63) is 11.8 Å². The number of rotatable bonds is 7. The minimum Gasteiger partial charge on any atom is -0.424 e. The summed E-state index contributed by atoms with van der Waals surface area (Å²) in [5.74, 6) is 1.49. The number of carbonyl (C=O) groups excluding carboxylic acids is 1. The molecule has 0 unspecified atom stereocenters. The standard InChI is InChI=1S/C15H27N5O2/c1-4-12(3)16-13(21)10-19-6-8-20(9-7-19)11-15-18-17-14(5-2)22-15/h12H,4-11H2,1-3H3,(H,16,21)/t12-/m1/s1. The van der Waals surface area contributed by atoms with Gasteiger partial charge < -0.3 is 9.73 Å². The third-order valence-electron chi connectivity index (χ3n) is 4.02. The summed E-state index contributed by atoms with van der Waals surface area (Å²) in [4.78, 5) is 16.4. The van der Waals surface area contributed by atoms with E-state index in [1.165, 1.54) is 0 Å². The highest BCUT2D eigenvalue weighted by Crippen LogP contribution is 2.08. The van der Waals surface area contributed by atoms with E-state index in [0.717, 1.165) is 39.0 Å². The van der Waals surface area contributed by atoms with Gasteiger partial charge >= 0.3 is 0 Å².